The molecule has 1 atom stereocenters. The van der Waals surface area contributed by atoms with Crippen LogP contribution in [0.5, 0.6) is 0 Å². The molecule has 1 aliphatic rings. The smallest absolute Gasteiger partial charge is 0.323 e. The normalized spacial score (nSPS) is 17.2. The Hall–Kier alpha value is -2.96. The number of aryl methyl sites for hydroxylation is 2. The molecule has 0 aromatic carbocycles. The number of carbonyl (C=O) groups is 1. The summed E-state index contributed by atoms with van der Waals surface area (Å²) in [6.07, 6.45) is 5.55. The van der Waals surface area contributed by atoms with E-state index in [2.05, 4.69) is 21.1 Å². The predicted molar refractivity (Wildman–Crippen MR) is 92.1 cm³/mol. The molecule has 0 aliphatic carbocycles. The van der Waals surface area contributed by atoms with Gasteiger partial charge in [0.1, 0.15) is 5.76 Å². The zero-order valence-corrected chi connectivity index (χ0v) is 14.2. The molecular weight excluding hydrogens is 320 g/mol. The van der Waals surface area contributed by atoms with Crippen LogP contribution in [0.4, 0.5) is 10.6 Å². The van der Waals surface area contributed by atoms with Gasteiger partial charge in [-0.3, -0.25) is 5.32 Å². The van der Waals surface area contributed by atoms with Crippen LogP contribution in [0.3, 0.4) is 0 Å². The predicted octanol–water partition coefficient (Wildman–Crippen LogP) is 3.95. The molecule has 0 unspecified atom stereocenters. The Kier molecular flexibility index (Phi) is 3.83. The number of hydrogen-bond donors (Lipinski definition) is 1. The Morgan fingerprint density at radius 1 is 1.40 bits per heavy atom. The van der Waals surface area contributed by atoms with Crippen LogP contribution in [0, 0.1) is 6.92 Å². The molecule has 25 heavy (non-hydrogen) atoms. The standard InChI is InChI=1S/C18H20N4O3/c1-12-13(7-10-24-12)16-11-17(20-25-16)19-18(23)22-9-4-6-15(22)14-5-3-8-21(14)2/h3,5,7-8,10-11,15H,4,6,9H2,1-2H3,(H,19,20,23)/t15-/m1/s1. The average molecular weight is 340 g/mol. The average Bonchev–Trinajstić information content (AvgIpc) is 3.33. The zero-order valence-electron chi connectivity index (χ0n) is 14.2. The van der Waals surface area contributed by atoms with Crippen LogP contribution in [0.15, 0.2) is 45.7 Å². The van der Waals surface area contributed by atoms with Crippen molar-refractivity contribution in [3.63, 3.8) is 0 Å². The lowest BCUT2D eigenvalue weighted by Crippen LogP contribution is -2.35. The Labute approximate surface area is 145 Å². The number of furan rings is 1. The fourth-order valence-corrected chi connectivity index (χ4v) is 3.42. The summed E-state index contributed by atoms with van der Waals surface area (Å²) in [5.74, 6) is 1.72. The van der Waals surface area contributed by atoms with Crippen molar-refractivity contribution in [3.05, 3.63) is 48.2 Å². The van der Waals surface area contributed by atoms with Crippen molar-refractivity contribution < 1.29 is 13.7 Å². The first-order valence-electron chi connectivity index (χ1n) is 8.33. The molecule has 4 heterocycles. The third kappa shape index (κ3) is 2.82. The first-order chi connectivity index (χ1) is 12.1. The quantitative estimate of drug-likeness (QED) is 0.783. The number of rotatable bonds is 3. The molecule has 0 saturated carbocycles. The molecule has 130 valence electrons. The molecule has 7 heteroatoms. The van der Waals surface area contributed by atoms with Gasteiger partial charge in [-0.1, -0.05) is 5.16 Å². The molecule has 3 aromatic heterocycles. The van der Waals surface area contributed by atoms with Crippen molar-refractivity contribution in [2.24, 2.45) is 7.05 Å². The van der Waals surface area contributed by atoms with Crippen molar-refractivity contribution in [2.45, 2.75) is 25.8 Å². The van der Waals surface area contributed by atoms with Gasteiger partial charge in [-0.05, 0) is 38.0 Å². The highest BCUT2D eigenvalue weighted by Crippen LogP contribution is 2.33. The summed E-state index contributed by atoms with van der Waals surface area (Å²) < 4.78 is 12.7. The molecule has 4 rings (SSSR count). The van der Waals surface area contributed by atoms with E-state index in [0.29, 0.717) is 11.6 Å². The summed E-state index contributed by atoms with van der Waals surface area (Å²) in [5, 5.41) is 6.79. The number of carbonyl (C=O) groups excluding carboxylic acids is 1. The van der Waals surface area contributed by atoms with Crippen LogP contribution in [0.1, 0.15) is 30.3 Å². The number of amides is 2. The highest BCUT2D eigenvalue weighted by molar-refractivity contribution is 5.89. The highest BCUT2D eigenvalue weighted by atomic mass is 16.5. The van der Waals surface area contributed by atoms with E-state index in [1.54, 1.807) is 12.3 Å². The number of hydrogen-bond acceptors (Lipinski definition) is 4. The van der Waals surface area contributed by atoms with Gasteiger partial charge < -0.3 is 18.4 Å². The Morgan fingerprint density at radius 2 is 2.28 bits per heavy atom. The molecule has 0 spiro atoms. The summed E-state index contributed by atoms with van der Waals surface area (Å²) in [6, 6.07) is 7.51. The summed E-state index contributed by atoms with van der Waals surface area (Å²) in [7, 11) is 2.00. The van der Waals surface area contributed by atoms with E-state index in [1.165, 1.54) is 0 Å². The molecule has 1 fully saturated rings. The fourth-order valence-electron chi connectivity index (χ4n) is 3.42. The first-order valence-corrected chi connectivity index (χ1v) is 8.33. The lowest BCUT2D eigenvalue weighted by Gasteiger charge is -2.25. The maximum atomic E-state index is 12.7. The molecular formula is C18H20N4O3. The van der Waals surface area contributed by atoms with Crippen LogP contribution >= 0.6 is 0 Å². The van der Waals surface area contributed by atoms with Crippen molar-refractivity contribution in [1.29, 1.82) is 0 Å². The maximum Gasteiger partial charge on any atom is 0.323 e. The molecule has 0 bridgehead atoms. The largest absolute Gasteiger partial charge is 0.469 e. The second-order valence-electron chi connectivity index (χ2n) is 6.29. The second kappa shape index (κ2) is 6.16. The lowest BCUT2D eigenvalue weighted by atomic mass is 10.1. The zero-order chi connectivity index (χ0) is 17.4. The van der Waals surface area contributed by atoms with Gasteiger partial charge in [0.05, 0.1) is 17.9 Å². The minimum Gasteiger partial charge on any atom is -0.469 e. The van der Waals surface area contributed by atoms with Gasteiger partial charge in [-0.2, -0.15) is 0 Å². The summed E-state index contributed by atoms with van der Waals surface area (Å²) in [6.45, 7) is 2.58. The van der Waals surface area contributed by atoms with E-state index in [4.69, 9.17) is 8.94 Å². The van der Waals surface area contributed by atoms with E-state index >= 15 is 0 Å². The number of anilines is 1. The molecule has 3 aromatic rings. The number of likely N-dealkylation sites (tertiary alicyclic amines) is 1. The number of urea groups is 1. The number of nitrogens with one attached hydrogen (secondary N) is 1. The fraction of sp³-hybridized carbons (Fsp3) is 0.333. The van der Waals surface area contributed by atoms with Crippen LogP contribution in [0.2, 0.25) is 0 Å². The van der Waals surface area contributed by atoms with E-state index in [-0.39, 0.29) is 12.1 Å². The minimum atomic E-state index is -0.160. The van der Waals surface area contributed by atoms with Crippen molar-refractivity contribution >= 4 is 11.8 Å². The summed E-state index contributed by atoms with van der Waals surface area (Å²) in [5.41, 5.74) is 1.97. The van der Waals surface area contributed by atoms with Gasteiger partial charge in [0.15, 0.2) is 11.6 Å². The van der Waals surface area contributed by atoms with Crippen LogP contribution in [-0.2, 0) is 7.05 Å². The SMILES string of the molecule is Cc1occc1-c1cc(NC(=O)N2CCC[C@@H]2c2cccn2C)no1. The van der Waals surface area contributed by atoms with Crippen LogP contribution in [0.25, 0.3) is 11.3 Å². The van der Waals surface area contributed by atoms with Gasteiger partial charge in [-0.15, -0.1) is 0 Å². The first kappa shape index (κ1) is 15.6. The third-order valence-electron chi connectivity index (χ3n) is 4.71. The summed E-state index contributed by atoms with van der Waals surface area (Å²) in [4.78, 5) is 14.6. The molecule has 1 N–H and O–H groups in total. The molecule has 1 saturated heterocycles. The third-order valence-corrected chi connectivity index (χ3v) is 4.71. The topological polar surface area (TPSA) is 76.4 Å². The van der Waals surface area contributed by atoms with Crippen LogP contribution < -0.4 is 5.32 Å². The van der Waals surface area contributed by atoms with Crippen molar-refractivity contribution in [2.75, 3.05) is 11.9 Å². The van der Waals surface area contributed by atoms with Gasteiger partial charge in [-0.25, -0.2) is 4.79 Å². The Bertz CT molecular complexity index is 892. The van der Waals surface area contributed by atoms with E-state index in [1.807, 2.05) is 37.2 Å². The van der Waals surface area contributed by atoms with Gasteiger partial charge in [0.2, 0.25) is 0 Å². The second-order valence-corrected chi connectivity index (χ2v) is 6.29. The molecule has 0 radical (unpaired) electrons. The number of aromatic nitrogens is 2. The highest BCUT2D eigenvalue weighted by Gasteiger charge is 2.31. The van der Waals surface area contributed by atoms with Crippen molar-refractivity contribution in [3.8, 4) is 11.3 Å². The molecule has 7 nitrogen and oxygen atoms in total. The summed E-state index contributed by atoms with van der Waals surface area (Å²) >= 11 is 0. The molecule has 1 aliphatic heterocycles. The minimum absolute atomic E-state index is 0.0856. The Morgan fingerprint density at radius 3 is 3.00 bits per heavy atom. The number of nitrogens with zero attached hydrogens (tertiary/aromatic N) is 3. The van der Waals surface area contributed by atoms with Gasteiger partial charge >= 0.3 is 6.03 Å². The Balaban J connectivity index is 1.50. The van der Waals surface area contributed by atoms with Crippen molar-refractivity contribution in [1.82, 2.24) is 14.6 Å². The van der Waals surface area contributed by atoms with E-state index in [9.17, 15) is 4.79 Å². The van der Waals surface area contributed by atoms with Gasteiger partial charge in [0.25, 0.3) is 0 Å². The van der Waals surface area contributed by atoms with E-state index in [0.717, 1.165) is 36.4 Å². The lowest BCUT2D eigenvalue weighted by molar-refractivity contribution is 0.205. The van der Waals surface area contributed by atoms with Crippen LogP contribution in [-0.4, -0.2) is 27.2 Å². The maximum absolute atomic E-state index is 12.7. The van der Waals surface area contributed by atoms with E-state index < -0.39 is 0 Å². The monoisotopic (exact) mass is 340 g/mol. The van der Waals surface area contributed by atoms with Gasteiger partial charge in [0, 0.05) is 31.5 Å². The molecule has 2 amide bonds.